The maximum atomic E-state index is 10.8. The molecule has 0 bridgehead atoms. The summed E-state index contributed by atoms with van der Waals surface area (Å²) in [6.45, 7) is 1.74. The number of hydrogen-bond acceptors (Lipinski definition) is 3. The van der Waals surface area contributed by atoms with E-state index >= 15 is 0 Å². The van der Waals surface area contributed by atoms with Gasteiger partial charge in [-0.15, -0.1) is 0 Å². The van der Waals surface area contributed by atoms with E-state index in [4.69, 9.17) is 27.9 Å². The molecule has 6 heteroatoms. The second-order valence-electron chi connectivity index (χ2n) is 4.50. The summed E-state index contributed by atoms with van der Waals surface area (Å²) in [5.74, 6) is 0.424. The molecule has 4 nitrogen and oxygen atoms in total. The number of benzene rings is 2. The minimum Gasteiger partial charge on any atom is -0.488 e. The number of nitrogens with one attached hydrogen (secondary N) is 1. The Morgan fingerprint density at radius 1 is 1.23 bits per heavy atom. The van der Waals surface area contributed by atoms with E-state index in [0.29, 0.717) is 22.4 Å². The second kappa shape index (κ2) is 7.82. The molecule has 114 valence electrons. The summed E-state index contributed by atoms with van der Waals surface area (Å²) in [5.41, 5.74) is 4.02. The summed E-state index contributed by atoms with van der Waals surface area (Å²) in [6, 6.07) is 12.7. The van der Waals surface area contributed by atoms with Crippen LogP contribution in [0.5, 0.6) is 5.75 Å². The highest BCUT2D eigenvalue weighted by Crippen LogP contribution is 2.24. The molecule has 0 heterocycles. The molecule has 0 saturated heterocycles. The van der Waals surface area contributed by atoms with E-state index in [-0.39, 0.29) is 5.91 Å². The minimum absolute atomic E-state index is 0.231. The number of amides is 1. The first kappa shape index (κ1) is 16.3. The van der Waals surface area contributed by atoms with Crippen molar-refractivity contribution in [3.63, 3.8) is 0 Å². The standard InChI is InChI=1S/C16H14Cl2N2O2/c1-11(21)20-19-9-13-4-2-3-5-16(13)22-10-12-6-7-14(17)15(18)8-12/h2-9H,10H2,1H3,(H,20,21)/b19-9-. The van der Waals surface area contributed by atoms with Gasteiger partial charge in [0.1, 0.15) is 12.4 Å². The van der Waals surface area contributed by atoms with Gasteiger partial charge in [0.2, 0.25) is 5.91 Å². The molecular formula is C16H14Cl2N2O2. The Labute approximate surface area is 138 Å². The summed E-state index contributed by atoms with van der Waals surface area (Å²) in [7, 11) is 0. The Morgan fingerprint density at radius 2 is 2.00 bits per heavy atom. The highest BCUT2D eigenvalue weighted by molar-refractivity contribution is 6.42. The van der Waals surface area contributed by atoms with Gasteiger partial charge < -0.3 is 4.74 Å². The SMILES string of the molecule is CC(=O)N/N=C\c1ccccc1OCc1ccc(Cl)c(Cl)c1. The van der Waals surface area contributed by atoms with E-state index in [1.807, 2.05) is 30.3 Å². The fourth-order valence-electron chi connectivity index (χ4n) is 1.70. The van der Waals surface area contributed by atoms with E-state index in [2.05, 4.69) is 10.5 Å². The van der Waals surface area contributed by atoms with Gasteiger partial charge in [0.05, 0.1) is 16.3 Å². The third-order valence-corrected chi connectivity index (χ3v) is 3.46. The van der Waals surface area contributed by atoms with Crippen LogP contribution in [-0.2, 0) is 11.4 Å². The van der Waals surface area contributed by atoms with Gasteiger partial charge in [0.25, 0.3) is 0 Å². The smallest absolute Gasteiger partial charge is 0.236 e. The predicted molar refractivity (Wildman–Crippen MR) is 88.6 cm³/mol. The Hall–Kier alpha value is -2.04. The summed E-state index contributed by atoms with van der Waals surface area (Å²) >= 11 is 11.9. The number of rotatable bonds is 5. The Balaban J connectivity index is 2.07. The van der Waals surface area contributed by atoms with Crippen molar-refractivity contribution in [2.45, 2.75) is 13.5 Å². The summed E-state index contributed by atoms with van der Waals surface area (Å²) in [4.78, 5) is 10.8. The molecule has 22 heavy (non-hydrogen) atoms. The van der Waals surface area contributed by atoms with Crippen molar-refractivity contribution in [2.24, 2.45) is 5.10 Å². The fraction of sp³-hybridized carbons (Fsp3) is 0.125. The largest absolute Gasteiger partial charge is 0.488 e. The van der Waals surface area contributed by atoms with Crippen molar-refractivity contribution >= 4 is 35.3 Å². The van der Waals surface area contributed by atoms with Gasteiger partial charge in [0.15, 0.2) is 0 Å². The molecule has 0 aliphatic rings. The molecule has 0 aliphatic heterocycles. The van der Waals surface area contributed by atoms with Crippen molar-refractivity contribution < 1.29 is 9.53 Å². The van der Waals surface area contributed by atoms with Crippen molar-refractivity contribution in [1.82, 2.24) is 5.43 Å². The molecule has 2 rings (SSSR count). The first-order chi connectivity index (χ1) is 10.6. The van der Waals surface area contributed by atoms with Crippen LogP contribution in [0.15, 0.2) is 47.6 Å². The number of ether oxygens (including phenoxy) is 1. The molecule has 0 atom stereocenters. The number of halogens is 2. The normalized spacial score (nSPS) is 10.7. The van der Waals surface area contributed by atoms with Gasteiger partial charge >= 0.3 is 0 Å². The molecule has 1 N–H and O–H groups in total. The lowest BCUT2D eigenvalue weighted by Gasteiger charge is -2.09. The van der Waals surface area contributed by atoms with Crippen LogP contribution in [0.25, 0.3) is 0 Å². The second-order valence-corrected chi connectivity index (χ2v) is 5.32. The maximum absolute atomic E-state index is 10.8. The van der Waals surface area contributed by atoms with Crippen molar-refractivity contribution in [2.75, 3.05) is 0 Å². The zero-order valence-electron chi connectivity index (χ0n) is 11.8. The molecule has 0 radical (unpaired) electrons. The van der Waals surface area contributed by atoms with Gasteiger partial charge in [-0.25, -0.2) is 5.43 Å². The first-order valence-electron chi connectivity index (χ1n) is 6.51. The zero-order chi connectivity index (χ0) is 15.9. The summed E-state index contributed by atoms with van der Waals surface area (Å²) in [6.07, 6.45) is 1.53. The molecule has 1 amide bonds. The van der Waals surface area contributed by atoms with Gasteiger partial charge in [-0.2, -0.15) is 5.10 Å². The van der Waals surface area contributed by atoms with Gasteiger partial charge in [0, 0.05) is 12.5 Å². The molecule has 0 fully saturated rings. The molecule has 0 aliphatic carbocycles. The van der Waals surface area contributed by atoms with Crippen LogP contribution >= 0.6 is 23.2 Å². The highest BCUT2D eigenvalue weighted by Gasteiger charge is 2.03. The fourth-order valence-corrected chi connectivity index (χ4v) is 2.02. The minimum atomic E-state index is -0.231. The zero-order valence-corrected chi connectivity index (χ0v) is 13.4. The topological polar surface area (TPSA) is 50.7 Å². The maximum Gasteiger partial charge on any atom is 0.236 e. The molecule has 0 unspecified atom stereocenters. The Morgan fingerprint density at radius 3 is 2.73 bits per heavy atom. The van der Waals surface area contributed by atoms with Crippen LogP contribution in [0.2, 0.25) is 10.0 Å². The Bertz CT molecular complexity index is 702. The van der Waals surface area contributed by atoms with Crippen LogP contribution in [-0.4, -0.2) is 12.1 Å². The number of para-hydroxylation sites is 1. The van der Waals surface area contributed by atoms with Crippen LogP contribution in [0, 0.1) is 0 Å². The molecule has 2 aromatic rings. The van der Waals surface area contributed by atoms with Crippen molar-refractivity contribution in [3.05, 3.63) is 63.6 Å². The van der Waals surface area contributed by atoms with E-state index in [0.717, 1.165) is 11.1 Å². The monoisotopic (exact) mass is 336 g/mol. The third-order valence-electron chi connectivity index (χ3n) is 2.72. The van der Waals surface area contributed by atoms with Crippen LogP contribution < -0.4 is 10.2 Å². The molecule has 2 aromatic carbocycles. The number of carbonyl (C=O) groups is 1. The van der Waals surface area contributed by atoms with Gasteiger partial charge in [-0.3, -0.25) is 4.79 Å². The van der Waals surface area contributed by atoms with Crippen LogP contribution in [0.1, 0.15) is 18.1 Å². The van der Waals surface area contributed by atoms with Crippen LogP contribution in [0.4, 0.5) is 0 Å². The van der Waals surface area contributed by atoms with E-state index in [9.17, 15) is 4.79 Å². The number of hydrogen-bond donors (Lipinski definition) is 1. The quantitative estimate of drug-likeness (QED) is 0.661. The van der Waals surface area contributed by atoms with E-state index in [1.54, 1.807) is 12.1 Å². The van der Waals surface area contributed by atoms with Gasteiger partial charge in [-0.05, 0) is 29.8 Å². The lowest BCUT2D eigenvalue weighted by Crippen LogP contribution is -2.12. The average molecular weight is 337 g/mol. The predicted octanol–water partition coefficient (Wildman–Crippen LogP) is 4.04. The third kappa shape index (κ3) is 4.76. The Kier molecular flexibility index (Phi) is 5.81. The summed E-state index contributed by atoms with van der Waals surface area (Å²) in [5, 5.41) is 4.84. The van der Waals surface area contributed by atoms with E-state index < -0.39 is 0 Å². The number of carbonyl (C=O) groups excluding carboxylic acids is 1. The van der Waals surface area contributed by atoms with E-state index in [1.165, 1.54) is 13.1 Å². The highest BCUT2D eigenvalue weighted by atomic mass is 35.5. The molecular weight excluding hydrogens is 323 g/mol. The molecule has 0 spiro atoms. The lowest BCUT2D eigenvalue weighted by atomic mass is 10.2. The summed E-state index contributed by atoms with van der Waals surface area (Å²) < 4.78 is 5.77. The average Bonchev–Trinajstić information content (AvgIpc) is 2.49. The van der Waals surface area contributed by atoms with Crippen molar-refractivity contribution in [3.8, 4) is 5.75 Å². The van der Waals surface area contributed by atoms with Gasteiger partial charge in [-0.1, -0.05) is 41.4 Å². The number of hydrazone groups is 1. The molecule has 0 aromatic heterocycles. The number of nitrogens with zero attached hydrogens (tertiary/aromatic N) is 1. The molecule has 0 saturated carbocycles. The first-order valence-corrected chi connectivity index (χ1v) is 7.27. The lowest BCUT2D eigenvalue weighted by molar-refractivity contribution is -0.118. The van der Waals surface area contributed by atoms with Crippen LogP contribution in [0.3, 0.4) is 0 Å². The van der Waals surface area contributed by atoms with Crippen molar-refractivity contribution in [1.29, 1.82) is 0 Å².